The Bertz CT molecular complexity index is 4710. The molecular weight excluding hydrogens is 1150 g/mol. The third kappa shape index (κ3) is 8.85. The summed E-state index contributed by atoms with van der Waals surface area (Å²) in [5.74, 6) is 1.96. The number of pyridine rings is 1. The van der Waals surface area contributed by atoms with E-state index in [2.05, 4.69) is 240 Å². The summed E-state index contributed by atoms with van der Waals surface area (Å²) in [6.07, 6.45) is 1.89. The van der Waals surface area contributed by atoms with Gasteiger partial charge in [-0.05, 0) is 130 Å². The summed E-state index contributed by atoms with van der Waals surface area (Å²) >= 11 is 0. The molecule has 3 aromatic heterocycles. The van der Waals surface area contributed by atoms with Crippen LogP contribution >= 0.6 is 0 Å². The Morgan fingerprint density at radius 1 is 0.538 bits per heavy atom. The number of hydrogen-bond donors (Lipinski definition) is 0. The molecule has 0 N–H and O–H groups in total. The molecule has 0 unspecified atom stereocenters. The number of para-hydroxylation sites is 3. The summed E-state index contributed by atoms with van der Waals surface area (Å²) in [5.41, 5.74) is 9.77. The van der Waals surface area contributed by atoms with Crippen LogP contribution in [0.4, 0.5) is 11.4 Å². The summed E-state index contributed by atoms with van der Waals surface area (Å²) in [5, 5.41) is 9.75. The van der Waals surface area contributed by atoms with E-state index in [9.17, 15) is 0 Å². The molecule has 0 bridgehead atoms. The summed E-state index contributed by atoms with van der Waals surface area (Å²) in [6, 6.07) is 63.5. The number of ether oxygens (including phenoxy) is 1. The fourth-order valence-electron chi connectivity index (χ4n) is 11.2. The minimum atomic E-state index is -2.05. The van der Waals surface area contributed by atoms with Crippen LogP contribution in [0, 0.1) is 18.8 Å². The first-order valence-electron chi connectivity index (χ1n) is 28.9. The van der Waals surface area contributed by atoms with E-state index in [1.54, 1.807) is 0 Å². The van der Waals surface area contributed by atoms with Gasteiger partial charge in [0.25, 0.3) is 0 Å². The number of fused-ring (bicyclic) bond motifs is 10. The van der Waals surface area contributed by atoms with Crippen molar-refractivity contribution in [1.82, 2.24) is 14.1 Å². The molecule has 13 rings (SSSR count). The predicted octanol–water partition coefficient (Wildman–Crippen LogP) is 18.7. The number of anilines is 2. The number of benzene rings is 9. The minimum Gasteiger partial charge on any atom is -0.509 e. The van der Waals surface area contributed by atoms with E-state index in [-0.39, 0.29) is 61.6 Å². The van der Waals surface area contributed by atoms with Crippen molar-refractivity contribution in [1.29, 1.82) is 0 Å². The van der Waals surface area contributed by atoms with Crippen LogP contribution in [-0.2, 0) is 31.9 Å². The molecule has 0 spiro atoms. The van der Waals surface area contributed by atoms with Crippen LogP contribution in [-0.4, -0.2) is 22.2 Å². The largest absolute Gasteiger partial charge is 0.509 e. The molecular formula is C71H61N4OPtSi-3. The molecule has 388 valence electrons. The van der Waals surface area contributed by atoms with Crippen LogP contribution in [0.15, 0.2) is 200 Å². The average Bonchev–Trinajstić information content (AvgIpc) is 1.94. The Morgan fingerprint density at radius 3 is 1.83 bits per heavy atom. The maximum absolute atomic E-state index is 9.15. The monoisotopic (exact) mass is 1210 g/mol. The summed E-state index contributed by atoms with van der Waals surface area (Å²) < 4.78 is 55.7. The van der Waals surface area contributed by atoms with Gasteiger partial charge in [-0.3, -0.25) is 0 Å². The SMILES string of the molecule is [2H]c1c([2H])c([2H])c(-c2cc(-c3cccc4c5ccccc5c5ccccc5c5cccc6c5n(c34)[CH-]N6c3[c-]c(Oc4[c-]c5c(cc4)c4ccccc4n5-c4cc(C(C)(C)C)ccn4)cc([Si](C)(C)C)c3)cc(C(C)(C)C)c2)c([2H])c1[2H].[Pt]. The zero-order chi connectivity index (χ0) is 57.3. The van der Waals surface area contributed by atoms with Gasteiger partial charge >= 0.3 is 0 Å². The Balaban J connectivity index is 0.00000680. The van der Waals surface area contributed by atoms with Gasteiger partial charge in [-0.15, -0.1) is 35.7 Å². The molecule has 1 aliphatic heterocycles. The molecule has 5 nitrogen and oxygen atoms in total. The molecule has 7 heteroatoms. The third-order valence-electron chi connectivity index (χ3n) is 15.2. The smallest absolute Gasteiger partial charge is 0.135 e. The van der Waals surface area contributed by atoms with Crippen LogP contribution in [0.1, 0.15) is 59.5 Å². The van der Waals surface area contributed by atoms with Gasteiger partial charge in [0.1, 0.15) is 5.82 Å². The standard InChI is InChI=1S/C71H61N4OSi.Pt/c1-70(2,3)49-35-36-72-67(40-49)75-64-31-18-17-27-60(64)61-34-33-52(44-66(61)75)76-53-41-51(42-54(43-53)77(7,8)9)73-45-74-68-55(48-37-47(46-21-11-10-12-22-46)38-50(39-48)71(4,5)6)28-19-29-62(68)58-25-15-13-23-56(58)57-24-14-16-26-59(57)63-30-20-32-65(73)69(63)74;/h10-40,42-43,45H,1-9H3;/q-3;/i10D,11D,12D,21D,22D;. The van der Waals surface area contributed by atoms with E-state index < -0.39 is 14.1 Å². The van der Waals surface area contributed by atoms with Crippen LogP contribution < -0.4 is 14.8 Å². The number of rotatable bonds is 7. The maximum atomic E-state index is 9.15. The topological polar surface area (TPSA) is 35.2 Å². The average molecular weight is 1210 g/mol. The van der Waals surface area contributed by atoms with Gasteiger partial charge in [0.15, 0.2) is 0 Å². The molecule has 0 aliphatic carbocycles. The van der Waals surface area contributed by atoms with Crippen molar-refractivity contribution in [2.24, 2.45) is 0 Å². The van der Waals surface area contributed by atoms with Crippen molar-refractivity contribution < 1.29 is 32.7 Å². The molecule has 78 heavy (non-hydrogen) atoms. The van der Waals surface area contributed by atoms with Gasteiger partial charge in [0.2, 0.25) is 0 Å². The normalized spacial score (nSPS) is 13.6. The van der Waals surface area contributed by atoms with Crippen LogP contribution in [0.2, 0.25) is 19.6 Å². The third-order valence-corrected chi connectivity index (χ3v) is 17.2. The van der Waals surface area contributed by atoms with E-state index in [1.807, 2.05) is 24.4 Å². The fraction of sp³-hybridized carbons (Fsp3) is 0.155. The number of hydrogen-bond acceptors (Lipinski definition) is 3. The number of nitrogens with zero attached hydrogens (tertiary/aromatic N) is 4. The van der Waals surface area contributed by atoms with Gasteiger partial charge in [0.05, 0.1) is 14.9 Å². The summed E-state index contributed by atoms with van der Waals surface area (Å²) in [7, 11) is -2.05. The fourth-order valence-corrected chi connectivity index (χ4v) is 12.3. The van der Waals surface area contributed by atoms with E-state index in [0.29, 0.717) is 17.1 Å². The van der Waals surface area contributed by atoms with Crippen LogP contribution in [0.3, 0.4) is 0 Å². The van der Waals surface area contributed by atoms with Crippen molar-refractivity contribution >= 4 is 89.8 Å². The molecule has 0 radical (unpaired) electrons. The van der Waals surface area contributed by atoms with Crippen molar-refractivity contribution in [3.05, 3.63) is 230 Å². The molecule has 12 aromatic rings. The Kier molecular flexibility index (Phi) is 11.1. The molecule has 0 saturated carbocycles. The molecule has 9 aromatic carbocycles. The van der Waals surface area contributed by atoms with Crippen molar-refractivity contribution in [2.45, 2.75) is 72.0 Å². The quantitative estimate of drug-likeness (QED) is 0.118. The van der Waals surface area contributed by atoms with E-state index in [1.165, 1.54) is 10.8 Å². The van der Waals surface area contributed by atoms with Crippen LogP contribution in [0.5, 0.6) is 11.5 Å². The molecule has 1 aliphatic rings. The van der Waals surface area contributed by atoms with E-state index >= 15 is 0 Å². The van der Waals surface area contributed by atoms with Gasteiger partial charge in [0, 0.05) is 50.0 Å². The maximum Gasteiger partial charge on any atom is 0.135 e. The Morgan fingerprint density at radius 2 is 1.15 bits per heavy atom. The molecule has 0 amide bonds. The first-order chi connectivity index (χ1) is 39.1. The summed E-state index contributed by atoms with van der Waals surface area (Å²) in [4.78, 5) is 7.17. The Labute approximate surface area is 480 Å². The van der Waals surface area contributed by atoms with Crippen molar-refractivity contribution in [3.63, 3.8) is 0 Å². The van der Waals surface area contributed by atoms with Crippen molar-refractivity contribution in [2.75, 3.05) is 4.90 Å². The molecule has 0 fully saturated rings. The van der Waals surface area contributed by atoms with E-state index in [0.717, 1.165) is 99.0 Å². The second-order valence-electron chi connectivity index (χ2n) is 23.4. The molecule has 0 saturated heterocycles. The summed E-state index contributed by atoms with van der Waals surface area (Å²) in [6.45, 7) is 22.3. The van der Waals surface area contributed by atoms with Crippen molar-refractivity contribution in [3.8, 4) is 39.6 Å². The zero-order valence-corrected chi connectivity index (χ0v) is 48.5. The van der Waals surface area contributed by atoms with Gasteiger partial charge in [-0.25, -0.2) is 4.98 Å². The predicted molar refractivity (Wildman–Crippen MR) is 328 cm³/mol. The van der Waals surface area contributed by atoms with Gasteiger partial charge in [-0.2, -0.15) is 11.3 Å². The van der Waals surface area contributed by atoms with Gasteiger partial charge in [-0.1, -0.05) is 212 Å². The zero-order valence-electron chi connectivity index (χ0n) is 50.3. The molecule has 4 heterocycles. The minimum absolute atomic E-state index is 0. The molecule has 0 atom stereocenters. The van der Waals surface area contributed by atoms with E-state index in [4.69, 9.17) is 16.6 Å². The first-order valence-corrected chi connectivity index (χ1v) is 29.9. The number of aromatic nitrogens is 3. The van der Waals surface area contributed by atoms with Gasteiger partial charge < -0.3 is 18.8 Å². The second kappa shape index (κ2) is 19.2. The second-order valence-corrected chi connectivity index (χ2v) is 28.5. The first kappa shape index (κ1) is 45.2. The van der Waals surface area contributed by atoms with Crippen LogP contribution in [0.25, 0.3) is 93.2 Å². The Hall–Kier alpha value is -7.89.